The van der Waals surface area contributed by atoms with E-state index < -0.39 is 0 Å². The molecule has 4 nitrogen and oxygen atoms in total. The molecule has 20 heavy (non-hydrogen) atoms. The maximum Gasteiger partial charge on any atom is 0.487 e. The quantitative estimate of drug-likeness (QED) is 0.852. The van der Waals surface area contributed by atoms with Crippen LogP contribution >= 0.6 is 0 Å². The zero-order chi connectivity index (χ0) is 14.4. The van der Waals surface area contributed by atoms with Crippen LogP contribution in [0.15, 0.2) is 30.5 Å². The molecule has 0 saturated carbocycles. The summed E-state index contributed by atoms with van der Waals surface area (Å²) in [5, 5.41) is 1.10. The average Bonchev–Trinajstić information content (AvgIpc) is 2.89. The van der Waals surface area contributed by atoms with Crippen LogP contribution in [-0.4, -0.2) is 28.3 Å². The van der Waals surface area contributed by atoms with E-state index in [0.29, 0.717) is 0 Å². The fraction of sp³-hybridized carbons (Fsp3) is 0.400. The smallest absolute Gasteiger partial charge is 0.400 e. The number of nitrogens with one attached hydrogen (secondary N) is 1. The molecule has 0 spiro atoms. The van der Waals surface area contributed by atoms with E-state index in [4.69, 9.17) is 9.31 Å². The third-order valence-corrected chi connectivity index (χ3v) is 4.14. The van der Waals surface area contributed by atoms with Crippen molar-refractivity contribution in [1.29, 1.82) is 0 Å². The Morgan fingerprint density at radius 2 is 1.90 bits per heavy atom. The van der Waals surface area contributed by atoms with E-state index in [1.165, 1.54) is 0 Å². The van der Waals surface area contributed by atoms with Crippen LogP contribution in [0.1, 0.15) is 33.3 Å². The van der Waals surface area contributed by atoms with Crippen LogP contribution in [0, 0.1) is 0 Å². The standard InChI is InChI=1S/C15H19BN2O2/c1-14(2)15(3,4)20-16(19-14)7-5-11-9-12-6-8-17-13(12)18-10-11/h5-10H,1-4H3,(H,17,18)/b7-5+. The molecule has 2 aromatic heterocycles. The third kappa shape index (κ3) is 2.27. The Hall–Kier alpha value is -1.59. The summed E-state index contributed by atoms with van der Waals surface area (Å²) in [6.45, 7) is 8.20. The van der Waals surface area contributed by atoms with Crippen molar-refractivity contribution in [3.8, 4) is 0 Å². The van der Waals surface area contributed by atoms with Crippen LogP contribution in [0.3, 0.4) is 0 Å². The second-order valence-corrected chi connectivity index (χ2v) is 6.17. The average molecular weight is 270 g/mol. The monoisotopic (exact) mass is 270 g/mol. The Morgan fingerprint density at radius 1 is 1.20 bits per heavy atom. The number of H-pyrrole nitrogens is 1. The molecule has 5 heteroatoms. The predicted molar refractivity (Wildman–Crippen MR) is 81.2 cm³/mol. The molecular formula is C15H19BN2O2. The number of aromatic nitrogens is 2. The number of pyridine rings is 1. The maximum absolute atomic E-state index is 5.92. The molecule has 0 atom stereocenters. The minimum atomic E-state index is -0.318. The van der Waals surface area contributed by atoms with Crippen molar-refractivity contribution in [2.75, 3.05) is 0 Å². The van der Waals surface area contributed by atoms with E-state index in [9.17, 15) is 0 Å². The molecular weight excluding hydrogens is 251 g/mol. The molecule has 1 N–H and O–H groups in total. The van der Waals surface area contributed by atoms with E-state index >= 15 is 0 Å². The molecule has 0 aromatic carbocycles. The van der Waals surface area contributed by atoms with Gasteiger partial charge in [0, 0.05) is 17.8 Å². The van der Waals surface area contributed by atoms with Crippen LogP contribution in [0.25, 0.3) is 17.1 Å². The topological polar surface area (TPSA) is 47.1 Å². The Kier molecular flexibility index (Phi) is 2.99. The van der Waals surface area contributed by atoms with E-state index in [1.54, 1.807) is 0 Å². The van der Waals surface area contributed by atoms with Gasteiger partial charge in [-0.25, -0.2) is 4.98 Å². The van der Waals surface area contributed by atoms with Crippen LogP contribution < -0.4 is 0 Å². The predicted octanol–water partition coefficient (Wildman–Crippen LogP) is 3.21. The number of hydrogen-bond acceptors (Lipinski definition) is 3. The fourth-order valence-electron chi connectivity index (χ4n) is 2.20. The van der Waals surface area contributed by atoms with Crippen LogP contribution in [0.4, 0.5) is 0 Å². The highest BCUT2D eigenvalue weighted by Crippen LogP contribution is 2.37. The lowest BCUT2D eigenvalue weighted by molar-refractivity contribution is 0.00578. The lowest BCUT2D eigenvalue weighted by Gasteiger charge is -2.32. The summed E-state index contributed by atoms with van der Waals surface area (Å²) >= 11 is 0. The first kappa shape index (κ1) is 13.4. The van der Waals surface area contributed by atoms with E-state index in [2.05, 4.69) is 16.0 Å². The number of fused-ring (bicyclic) bond motifs is 1. The fourth-order valence-corrected chi connectivity index (χ4v) is 2.20. The van der Waals surface area contributed by atoms with Gasteiger partial charge in [0.1, 0.15) is 5.65 Å². The lowest BCUT2D eigenvalue weighted by Crippen LogP contribution is -2.41. The lowest BCUT2D eigenvalue weighted by atomic mass is 9.89. The molecule has 1 aliphatic rings. The van der Waals surface area contributed by atoms with Gasteiger partial charge in [0.25, 0.3) is 0 Å². The summed E-state index contributed by atoms with van der Waals surface area (Å²) in [7, 11) is -0.318. The van der Waals surface area contributed by atoms with Gasteiger partial charge in [-0.15, -0.1) is 0 Å². The first-order chi connectivity index (χ1) is 9.37. The van der Waals surface area contributed by atoms with Crippen molar-refractivity contribution in [3.05, 3.63) is 36.1 Å². The second-order valence-electron chi connectivity index (χ2n) is 6.17. The molecule has 0 radical (unpaired) electrons. The van der Waals surface area contributed by atoms with Gasteiger partial charge in [-0.2, -0.15) is 0 Å². The summed E-state index contributed by atoms with van der Waals surface area (Å²) in [4.78, 5) is 7.44. The van der Waals surface area contributed by atoms with Crippen LogP contribution in [-0.2, 0) is 9.31 Å². The Labute approximate surface area is 119 Å². The highest BCUT2D eigenvalue weighted by atomic mass is 16.7. The van der Waals surface area contributed by atoms with Crippen molar-refractivity contribution in [2.24, 2.45) is 0 Å². The molecule has 0 bridgehead atoms. The molecule has 3 heterocycles. The Bertz CT molecular complexity index is 645. The number of aromatic amines is 1. The summed E-state index contributed by atoms with van der Waals surface area (Å²) in [5.41, 5.74) is 1.33. The third-order valence-electron chi connectivity index (χ3n) is 4.14. The molecule has 2 aromatic rings. The number of nitrogens with zero attached hydrogens (tertiary/aromatic N) is 1. The van der Waals surface area contributed by atoms with Gasteiger partial charge in [0.05, 0.1) is 11.2 Å². The van der Waals surface area contributed by atoms with Crippen molar-refractivity contribution in [2.45, 2.75) is 38.9 Å². The van der Waals surface area contributed by atoms with Crippen molar-refractivity contribution >= 4 is 24.2 Å². The maximum atomic E-state index is 5.92. The Morgan fingerprint density at radius 3 is 2.60 bits per heavy atom. The minimum absolute atomic E-state index is 0.301. The van der Waals surface area contributed by atoms with Gasteiger partial charge in [0.2, 0.25) is 0 Å². The van der Waals surface area contributed by atoms with E-state index in [1.807, 2.05) is 58.2 Å². The highest BCUT2D eigenvalue weighted by Gasteiger charge is 2.49. The summed E-state index contributed by atoms with van der Waals surface area (Å²) < 4.78 is 11.8. The van der Waals surface area contributed by atoms with E-state index in [0.717, 1.165) is 16.6 Å². The second kappa shape index (κ2) is 4.47. The number of rotatable bonds is 2. The molecule has 1 aliphatic heterocycles. The van der Waals surface area contributed by atoms with Gasteiger partial charge in [0.15, 0.2) is 0 Å². The zero-order valence-electron chi connectivity index (χ0n) is 12.3. The molecule has 0 aliphatic carbocycles. The first-order valence-corrected chi connectivity index (χ1v) is 6.84. The summed E-state index contributed by atoms with van der Waals surface area (Å²) in [6.07, 6.45) is 5.71. The van der Waals surface area contributed by atoms with Crippen molar-refractivity contribution in [1.82, 2.24) is 9.97 Å². The molecule has 1 fully saturated rings. The summed E-state index contributed by atoms with van der Waals surface area (Å²) in [5.74, 6) is 1.94. The minimum Gasteiger partial charge on any atom is -0.400 e. The first-order valence-electron chi connectivity index (χ1n) is 6.84. The highest BCUT2D eigenvalue weighted by molar-refractivity contribution is 6.52. The molecule has 0 unspecified atom stereocenters. The van der Waals surface area contributed by atoms with Gasteiger partial charge in [-0.05, 0) is 45.4 Å². The van der Waals surface area contributed by atoms with Gasteiger partial charge < -0.3 is 14.3 Å². The molecule has 0 amide bonds. The van der Waals surface area contributed by atoms with Crippen LogP contribution in [0.5, 0.6) is 0 Å². The number of hydrogen-bond donors (Lipinski definition) is 1. The van der Waals surface area contributed by atoms with Crippen molar-refractivity contribution in [3.63, 3.8) is 0 Å². The molecule has 3 rings (SSSR count). The molecule has 1 saturated heterocycles. The Balaban J connectivity index is 1.78. The van der Waals surface area contributed by atoms with Gasteiger partial charge >= 0.3 is 7.12 Å². The normalized spacial score (nSPS) is 21.1. The van der Waals surface area contributed by atoms with Gasteiger partial charge in [-0.3, -0.25) is 0 Å². The van der Waals surface area contributed by atoms with E-state index in [-0.39, 0.29) is 18.3 Å². The largest absolute Gasteiger partial charge is 0.487 e. The van der Waals surface area contributed by atoms with Gasteiger partial charge in [-0.1, -0.05) is 12.1 Å². The van der Waals surface area contributed by atoms with Crippen molar-refractivity contribution < 1.29 is 9.31 Å². The summed E-state index contributed by atoms with van der Waals surface area (Å²) in [6, 6.07) is 4.09. The SMILES string of the molecule is CC1(C)OB(/C=C/c2cnc3[nH]ccc3c2)OC1(C)C. The van der Waals surface area contributed by atoms with Crippen LogP contribution in [0.2, 0.25) is 0 Å². The molecule has 104 valence electrons. The zero-order valence-corrected chi connectivity index (χ0v) is 12.3.